The number of nitrogens with zero attached hydrogens (tertiary/aromatic N) is 1. The van der Waals surface area contributed by atoms with E-state index in [1.54, 1.807) is 6.07 Å². The van der Waals surface area contributed by atoms with Gasteiger partial charge in [0.2, 0.25) is 0 Å². The van der Waals surface area contributed by atoms with Gasteiger partial charge in [0.1, 0.15) is 0 Å². The molecular weight excluding hydrogens is 244 g/mol. The second-order valence-electron chi connectivity index (χ2n) is 5.33. The Morgan fingerprint density at radius 1 is 1.26 bits per heavy atom. The summed E-state index contributed by atoms with van der Waals surface area (Å²) in [5.41, 5.74) is 0.433. The topological polar surface area (TPSA) is 72.8 Å². The van der Waals surface area contributed by atoms with Crippen LogP contribution in [0.25, 0.3) is 0 Å². The first-order valence-electron chi connectivity index (χ1n) is 6.70. The Bertz CT molecular complexity index is 503. The van der Waals surface area contributed by atoms with E-state index in [4.69, 9.17) is 0 Å². The van der Waals surface area contributed by atoms with Crippen LogP contribution in [-0.4, -0.2) is 46.7 Å². The monoisotopic (exact) mass is 262 g/mol. The van der Waals surface area contributed by atoms with E-state index >= 15 is 0 Å². The number of carbonyl (C=O) groups is 1. The number of phenols is 2. The van der Waals surface area contributed by atoms with Crippen LogP contribution in [0.4, 0.5) is 0 Å². The molecule has 5 heteroatoms. The Balaban J connectivity index is 1.84. The van der Waals surface area contributed by atoms with Crippen molar-refractivity contribution >= 4 is 5.91 Å². The number of hydrogen-bond donors (Lipinski definition) is 3. The van der Waals surface area contributed by atoms with Crippen molar-refractivity contribution in [3.05, 3.63) is 23.8 Å². The number of nitrogens with one attached hydrogen (secondary N) is 1. The van der Waals surface area contributed by atoms with Crippen LogP contribution in [-0.2, 0) is 0 Å². The van der Waals surface area contributed by atoms with Crippen LogP contribution in [0.5, 0.6) is 11.5 Å². The van der Waals surface area contributed by atoms with Gasteiger partial charge in [0, 0.05) is 31.2 Å². The molecule has 2 aliphatic heterocycles. The van der Waals surface area contributed by atoms with E-state index in [0.717, 1.165) is 26.1 Å². The summed E-state index contributed by atoms with van der Waals surface area (Å²) < 4.78 is 0. The van der Waals surface area contributed by atoms with Gasteiger partial charge in [-0.05, 0) is 37.0 Å². The Hall–Kier alpha value is -1.75. The highest BCUT2D eigenvalue weighted by Crippen LogP contribution is 2.30. The Kier molecular flexibility index (Phi) is 3.06. The highest BCUT2D eigenvalue weighted by atomic mass is 16.3. The molecule has 0 aliphatic carbocycles. The minimum atomic E-state index is -0.246. The maximum Gasteiger partial charge on any atom is 0.254 e. The zero-order valence-electron chi connectivity index (χ0n) is 10.7. The third-order valence-corrected chi connectivity index (χ3v) is 4.16. The van der Waals surface area contributed by atoms with Crippen LogP contribution in [0.15, 0.2) is 18.2 Å². The number of benzene rings is 1. The second kappa shape index (κ2) is 4.74. The van der Waals surface area contributed by atoms with Crippen LogP contribution in [0.2, 0.25) is 0 Å². The lowest BCUT2D eigenvalue weighted by molar-refractivity contribution is 0.0574. The quantitative estimate of drug-likeness (QED) is 0.658. The maximum atomic E-state index is 12.5. The van der Waals surface area contributed by atoms with Crippen LogP contribution in [0, 0.1) is 5.92 Å². The summed E-state index contributed by atoms with van der Waals surface area (Å²) in [7, 11) is 0. The average Bonchev–Trinajstić information content (AvgIpc) is 2.89. The number of carbonyl (C=O) groups excluding carboxylic acids is 1. The molecule has 19 heavy (non-hydrogen) atoms. The maximum absolute atomic E-state index is 12.5. The smallest absolute Gasteiger partial charge is 0.254 e. The first-order valence-corrected chi connectivity index (χ1v) is 6.70. The van der Waals surface area contributed by atoms with Crippen molar-refractivity contribution in [1.29, 1.82) is 0 Å². The summed E-state index contributed by atoms with van der Waals surface area (Å²) in [6.07, 6.45) is 2.20. The lowest BCUT2D eigenvalue weighted by Gasteiger charge is -2.37. The first-order chi connectivity index (χ1) is 9.16. The molecule has 3 N–H and O–H groups in total. The summed E-state index contributed by atoms with van der Waals surface area (Å²) in [4.78, 5) is 14.4. The number of rotatable bonds is 1. The van der Waals surface area contributed by atoms with Gasteiger partial charge < -0.3 is 20.4 Å². The molecule has 0 aromatic heterocycles. The van der Waals surface area contributed by atoms with E-state index in [9.17, 15) is 15.0 Å². The number of aromatic hydroxyl groups is 2. The molecule has 0 saturated carbocycles. The van der Waals surface area contributed by atoms with E-state index in [0.29, 0.717) is 11.5 Å². The fourth-order valence-corrected chi connectivity index (χ4v) is 3.14. The minimum Gasteiger partial charge on any atom is -0.504 e. The Morgan fingerprint density at radius 2 is 2.11 bits per heavy atom. The molecule has 0 bridgehead atoms. The molecule has 1 aromatic rings. The predicted octanol–water partition coefficient (Wildman–Crippen LogP) is 0.922. The van der Waals surface area contributed by atoms with Gasteiger partial charge in [-0.3, -0.25) is 4.79 Å². The van der Waals surface area contributed by atoms with Crippen molar-refractivity contribution in [3.63, 3.8) is 0 Å². The fraction of sp³-hybridized carbons (Fsp3) is 0.500. The van der Waals surface area contributed by atoms with Gasteiger partial charge in [-0.1, -0.05) is 0 Å². The number of amides is 1. The highest BCUT2D eigenvalue weighted by Gasteiger charge is 2.37. The molecular formula is C14H18N2O3. The van der Waals surface area contributed by atoms with E-state index < -0.39 is 0 Å². The van der Waals surface area contributed by atoms with Crippen molar-refractivity contribution in [2.24, 2.45) is 5.92 Å². The highest BCUT2D eigenvalue weighted by molar-refractivity contribution is 5.95. The Labute approximate surface area is 111 Å². The Morgan fingerprint density at radius 3 is 2.89 bits per heavy atom. The van der Waals surface area contributed by atoms with Gasteiger partial charge >= 0.3 is 0 Å². The standard InChI is InChI=1S/C14H18N2O3/c17-12-4-3-9(6-13(12)18)14(19)16-5-1-2-10-7-15-8-11(10)16/h3-4,6,10-11,15,17-18H,1-2,5,7-8H2. The first kappa shape index (κ1) is 12.3. The van der Waals surface area contributed by atoms with Gasteiger partial charge in [0.15, 0.2) is 11.5 Å². The largest absolute Gasteiger partial charge is 0.504 e. The molecule has 0 radical (unpaired) electrons. The molecule has 1 aromatic carbocycles. The third kappa shape index (κ3) is 2.14. The van der Waals surface area contributed by atoms with Crippen molar-refractivity contribution in [2.75, 3.05) is 19.6 Å². The van der Waals surface area contributed by atoms with Gasteiger partial charge in [-0.25, -0.2) is 0 Å². The summed E-state index contributed by atoms with van der Waals surface area (Å²) in [5, 5.41) is 22.1. The molecule has 0 spiro atoms. The molecule has 102 valence electrons. The van der Waals surface area contributed by atoms with E-state index in [1.165, 1.54) is 18.6 Å². The molecule has 1 amide bonds. The fourth-order valence-electron chi connectivity index (χ4n) is 3.14. The molecule has 2 fully saturated rings. The van der Waals surface area contributed by atoms with Crippen molar-refractivity contribution in [2.45, 2.75) is 18.9 Å². The number of piperidine rings is 1. The summed E-state index contributed by atoms with van der Waals surface area (Å²) >= 11 is 0. The molecule has 2 saturated heterocycles. The van der Waals surface area contributed by atoms with E-state index in [1.807, 2.05) is 4.90 Å². The molecule has 2 unspecified atom stereocenters. The molecule has 3 rings (SSSR count). The van der Waals surface area contributed by atoms with Gasteiger partial charge in [-0.2, -0.15) is 0 Å². The summed E-state index contributed by atoms with van der Waals surface area (Å²) in [6.45, 7) is 2.60. The van der Waals surface area contributed by atoms with Crippen LogP contribution in [0.3, 0.4) is 0 Å². The lowest BCUT2D eigenvalue weighted by atomic mass is 9.91. The van der Waals surface area contributed by atoms with E-state index in [-0.39, 0.29) is 23.4 Å². The molecule has 2 heterocycles. The average molecular weight is 262 g/mol. The number of hydrogen-bond acceptors (Lipinski definition) is 4. The van der Waals surface area contributed by atoms with Crippen molar-refractivity contribution in [1.82, 2.24) is 10.2 Å². The van der Waals surface area contributed by atoms with Gasteiger partial charge in [0.25, 0.3) is 5.91 Å². The molecule has 2 atom stereocenters. The minimum absolute atomic E-state index is 0.0614. The zero-order chi connectivity index (χ0) is 13.4. The van der Waals surface area contributed by atoms with Crippen molar-refractivity contribution < 1.29 is 15.0 Å². The number of likely N-dealkylation sites (tertiary alicyclic amines) is 1. The number of phenolic OH excluding ortho intramolecular Hbond substituents is 2. The van der Waals surface area contributed by atoms with Gasteiger partial charge in [-0.15, -0.1) is 0 Å². The number of fused-ring (bicyclic) bond motifs is 1. The zero-order valence-corrected chi connectivity index (χ0v) is 10.7. The SMILES string of the molecule is O=C(c1ccc(O)c(O)c1)N1CCCC2CNCC21. The van der Waals surface area contributed by atoms with Gasteiger partial charge in [0.05, 0.1) is 0 Å². The molecule has 2 aliphatic rings. The van der Waals surface area contributed by atoms with Crippen LogP contribution >= 0.6 is 0 Å². The summed E-state index contributed by atoms with van der Waals surface area (Å²) in [5.74, 6) is 0.0386. The summed E-state index contributed by atoms with van der Waals surface area (Å²) in [6, 6.07) is 4.52. The van der Waals surface area contributed by atoms with Crippen molar-refractivity contribution in [3.8, 4) is 11.5 Å². The lowest BCUT2D eigenvalue weighted by Crippen LogP contribution is -2.48. The van der Waals surface area contributed by atoms with Crippen LogP contribution < -0.4 is 5.32 Å². The second-order valence-corrected chi connectivity index (χ2v) is 5.33. The van der Waals surface area contributed by atoms with E-state index in [2.05, 4.69) is 5.32 Å². The molecule has 5 nitrogen and oxygen atoms in total. The third-order valence-electron chi connectivity index (χ3n) is 4.16. The normalized spacial score (nSPS) is 26.2. The van der Waals surface area contributed by atoms with Crippen LogP contribution in [0.1, 0.15) is 23.2 Å². The predicted molar refractivity (Wildman–Crippen MR) is 70.2 cm³/mol.